The van der Waals surface area contributed by atoms with Gasteiger partial charge in [0.25, 0.3) is 5.91 Å². The maximum atomic E-state index is 13.7. The van der Waals surface area contributed by atoms with E-state index in [1.54, 1.807) is 18.2 Å². The summed E-state index contributed by atoms with van der Waals surface area (Å²) in [5, 5.41) is 9.67. The van der Waals surface area contributed by atoms with Crippen LogP contribution < -0.4 is 14.5 Å². The Morgan fingerprint density at radius 3 is 2.50 bits per heavy atom. The second kappa shape index (κ2) is 10.1. The van der Waals surface area contributed by atoms with Crippen molar-refractivity contribution in [2.24, 2.45) is 0 Å². The summed E-state index contributed by atoms with van der Waals surface area (Å²) in [6, 6.07) is 11.8. The monoisotopic (exact) mass is 505 g/mol. The number of thiocarbonyl (C=S) groups is 1. The highest BCUT2D eigenvalue weighted by Gasteiger charge is 2.59. The number of carbonyl (C=O) groups excluding carboxylic acids is 1. The lowest BCUT2D eigenvalue weighted by atomic mass is 9.75. The molecule has 3 heterocycles. The summed E-state index contributed by atoms with van der Waals surface area (Å²) in [7, 11) is 1.74. The molecule has 3 fully saturated rings. The molecular formula is C27H31N5O3S. The Balaban J connectivity index is 1.31. The molecule has 2 aliphatic heterocycles. The summed E-state index contributed by atoms with van der Waals surface area (Å²) in [5.74, 6) is 0.808. The molecule has 1 aromatic heterocycles. The number of amides is 1. The number of anilines is 2. The number of rotatable bonds is 7. The van der Waals surface area contributed by atoms with E-state index < -0.39 is 5.54 Å². The Kier molecular flexibility index (Phi) is 6.93. The minimum absolute atomic E-state index is 0.0229. The number of piperidine rings is 1. The van der Waals surface area contributed by atoms with Crippen molar-refractivity contribution in [2.75, 3.05) is 43.2 Å². The van der Waals surface area contributed by atoms with Gasteiger partial charge in [-0.05, 0) is 87.1 Å². The molecule has 2 saturated heterocycles. The van der Waals surface area contributed by atoms with Crippen molar-refractivity contribution >= 4 is 34.6 Å². The van der Waals surface area contributed by atoms with Gasteiger partial charge in [0.2, 0.25) is 0 Å². The van der Waals surface area contributed by atoms with Gasteiger partial charge in [-0.15, -0.1) is 0 Å². The van der Waals surface area contributed by atoms with E-state index in [9.17, 15) is 10.1 Å². The van der Waals surface area contributed by atoms with Gasteiger partial charge in [-0.1, -0.05) is 0 Å². The molecule has 1 aromatic carbocycles. The van der Waals surface area contributed by atoms with Crippen LogP contribution in [0.3, 0.4) is 0 Å². The number of hydrogen-bond donors (Lipinski definition) is 0. The summed E-state index contributed by atoms with van der Waals surface area (Å²) in [5.41, 5.74) is 1.90. The third-order valence-corrected chi connectivity index (χ3v) is 7.93. The number of likely N-dealkylation sites (tertiary alicyclic amines) is 1. The van der Waals surface area contributed by atoms with Crippen LogP contribution in [0.25, 0.3) is 0 Å². The van der Waals surface area contributed by atoms with E-state index >= 15 is 0 Å². The highest BCUT2D eigenvalue weighted by molar-refractivity contribution is 7.81. The molecule has 36 heavy (non-hydrogen) atoms. The Labute approximate surface area is 217 Å². The smallest absolute Gasteiger partial charge is 0.259 e. The Morgan fingerprint density at radius 2 is 1.92 bits per heavy atom. The zero-order chi connectivity index (χ0) is 25.3. The van der Waals surface area contributed by atoms with E-state index in [1.165, 1.54) is 0 Å². The van der Waals surface area contributed by atoms with Gasteiger partial charge in [-0.25, -0.2) is 4.98 Å². The molecule has 0 atom stereocenters. The van der Waals surface area contributed by atoms with Gasteiger partial charge in [-0.3, -0.25) is 9.69 Å². The Bertz CT molecular complexity index is 1180. The summed E-state index contributed by atoms with van der Waals surface area (Å²) in [4.78, 5) is 23.9. The third kappa shape index (κ3) is 4.34. The molecule has 1 amide bonds. The van der Waals surface area contributed by atoms with Crippen molar-refractivity contribution in [2.45, 2.75) is 50.7 Å². The first-order chi connectivity index (χ1) is 17.5. The zero-order valence-electron chi connectivity index (χ0n) is 20.8. The number of benzene rings is 1. The van der Waals surface area contributed by atoms with Gasteiger partial charge in [0, 0.05) is 32.4 Å². The second-order valence-corrected chi connectivity index (χ2v) is 10.1. The predicted molar refractivity (Wildman–Crippen MR) is 141 cm³/mol. The number of ether oxygens (including phenoxy) is 2. The topological polar surface area (TPSA) is 81.9 Å². The highest BCUT2D eigenvalue weighted by atomic mass is 32.1. The van der Waals surface area contributed by atoms with Crippen LogP contribution in [-0.4, -0.2) is 65.9 Å². The summed E-state index contributed by atoms with van der Waals surface area (Å²) < 4.78 is 11.5. The molecule has 8 nitrogen and oxygen atoms in total. The molecule has 1 spiro atoms. The highest BCUT2D eigenvalue weighted by Crippen LogP contribution is 2.48. The first kappa shape index (κ1) is 24.6. The van der Waals surface area contributed by atoms with E-state index in [2.05, 4.69) is 16.0 Å². The molecular weight excluding hydrogens is 474 g/mol. The molecule has 1 saturated carbocycles. The number of pyridine rings is 1. The van der Waals surface area contributed by atoms with Gasteiger partial charge in [0.05, 0.1) is 18.5 Å². The number of methoxy groups -OCH3 is 1. The number of aromatic nitrogens is 1. The lowest BCUT2D eigenvalue weighted by Crippen LogP contribution is -2.55. The molecule has 0 unspecified atom stereocenters. The normalized spacial score (nSPS) is 20.0. The number of hydrogen-bond acceptors (Lipinski definition) is 7. The third-order valence-electron chi connectivity index (χ3n) is 7.56. The van der Waals surface area contributed by atoms with Crippen LogP contribution in [0.1, 0.15) is 43.4 Å². The average molecular weight is 506 g/mol. The molecule has 2 aromatic rings. The van der Waals surface area contributed by atoms with Gasteiger partial charge < -0.3 is 19.3 Å². The van der Waals surface area contributed by atoms with Crippen molar-refractivity contribution in [3.63, 3.8) is 0 Å². The maximum absolute atomic E-state index is 13.7. The lowest BCUT2D eigenvalue weighted by molar-refractivity contribution is -0.123. The van der Waals surface area contributed by atoms with Crippen LogP contribution in [0.5, 0.6) is 5.75 Å². The van der Waals surface area contributed by atoms with Gasteiger partial charge >= 0.3 is 0 Å². The van der Waals surface area contributed by atoms with Crippen molar-refractivity contribution < 1.29 is 14.3 Å². The predicted octanol–water partition coefficient (Wildman–Crippen LogP) is 3.81. The van der Waals surface area contributed by atoms with E-state index in [4.69, 9.17) is 21.7 Å². The Morgan fingerprint density at radius 1 is 1.19 bits per heavy atom. The standard InChI is InChI=1S/C27H31N5O3S/c1-19-16-21(18-29-24(19)17-28)31-25(33)27(10-3-11-27)32(26(31)36)20-4-6-22(7-5-20)35-23-8-12-30(13-9-23)14-15-34-2/h4-7,16,18,23H,3,8-15H2,1-2H3. The van der Waals surface area contributed by atoms with Crippen LogP contribution in [0.4, 0.5) is 11.4 Å². The Hall–Kier alpha value is -3.06. The quantitative estimate of drug-likeness (QED) is 0.526. The summed E-state index contributed by atoms with van der Waals surface area (Å²) in [6.07, 6.45) is 6.23. The zero-order valence-corrected chi connectivity index (χ0v) is 21.6. The van der Waals surface area contributed by atoms with E-state index in [-0.39, 0.29) is 12.0 Å². The fourth-order valence-corrected chi connectivity index (χ4v) is 5.81. The van der Waals surface area contributed by atoms with E-state index in [0.29, 0.717) is 16.5 Å². The van der Waals surface area contributed by atoms with Crippen LogP contribution in [0.15, 0.2) is 36.5 Å². The molecule has 0 radical (unpaired) electrons. The van der Waals surface area contributed by atoms with Crippen molar-refractivity contribution in [1.29, 1.82) is 5.26 Å². The largest absolute Gasteiger partial charge is 0.490 e. The molecule has 3 aliphatic rings. The molecule has 5 rings (SSSR count). The SMILES string of the molecule is COCCN1CCC(Oc2ccc(N3C(=S)N(c4cnc(C#N)c(C)c4)C(=O)C34CCC4)cc2)CC1. The number of nitriles is 1. The number of aryl methyl sites for hydroxylation is 1. The number of nitrogens with zero attached hydrogens (tertiary/aromatic N) is 5. The molecule has 1 aliphatic carbocycles. The van der Waals surface area contributed by atoms with Crippen LogP contribution in [0.2, 0.25) is 0 Å². The van der Waals surface area contributed by atoms with E-state index in [0.717, 1.165) is 75.3 Å². The van der Waals surface area contributed by atoms with Gasteiger partial charge in [0.15, 0.2) is 5.11 Å². The van der Waals surface area contributed by atoms with Crippen LogP contribution in [-0.2, 0) is 9.53 Å². The summed E-state index contributed by atoms with van der Waals surface area (Å²) >= 11 is 5.85. The van der Waals surface area contributed by atoms with Crippen molar-refractivity contribution in [3.05, 3.63) is 47.8 Å². The maximum Gasteiger partial charge on any atom is 0.259 e. The molecule has 9 heteroatoms. The van der Waals surface area contributed by atoms with Crippen LogP contribution >= 0.6 is 12.2 Å². The van der Waals surface area contributed by atoms with Crippen molar-refractivity contribution in [1.82, 2.24) is 9.88 Å². The average Bonchev–Trinajstić information content (AvgIpc) is 3.10. The first-order valence-electron chi connectivity index (χ1n) is 12.5. The second-order valence-electron chi connectivity index (χ2n) is 9.76. The fourth-order valence-electron chi connectivity index (χ4n) is 5.34. The lowest BCUT2D eigenvalue weighted by Gasteiger charge is -2.43. The molecule has 0 bridgehead atoms. The minimum atomic E-state index is -0.656. The van der Waals surface area contributed by atoms with Crippen LogP contribution in [0, 0.1) is 18.3 Å². The van der Waals surface area contributed by atoms with Gasteiger partial charge in [0.1, 0.15) is 29.2 Å². The number of carbonyl (C=O) groups is 1. The van der Waals surface area contributed by atoms with E-state index in [1.807, 2.05) is 42.2 Å². The van der Waals surface area contributed by atoms with Crippen molar-refractivity contribution in [3.8, 4) is 11.8 Å². The summed E-state index contributed by atoms with van der Waals surface area (Å²) in [6.45, 7) is 5.56. The molecule has 0 N–H and O–H groups in total. The van der Waals surface area contributed by atoms with Gasteiger partial charge in [-0.2, -0.15) is 5.26 Å². The molecule has 188 valence electrons. The first-order valence-corrected chi connectivity index (χ1v) is 12.9. The minimum Gasteiger partial charge on any atom is -0.490 e. The fraction of sp³-hybridized carbons (Fsp3) is 0.481.